The van der Waals surface area contributed by atoms with Gasteiger partial charge in [-0.05, 0) is 59.5 Å². The van der Waals surface area contributed by atoms with Crippen LogP contribution in [0.5, 0.6) is 0 Å². The van der Waals surface area contributed by atoms with E-state index in [1.54, 1.807) is 10.7 Å². The predicted octanol–water partition coefficient (Wildman–Crippen LogP) is 4.48. The van der Waals surface area contributed by atoms with Crippen LogP contribution in [0.1, 0.15) is 23.6 Å². The summed E-state index contributed by atoms with van der Waals surface area (Å²) < 4.78 is 29.0. The van der Waals surface area contributed by atoms with Crippen LogP contribution in [0.2, 0.25) is 0 Å². The fraction of sp³-hybridized carbons (Fsp3) is 0.174. The summed E-state index contributed by atoms with van der Waals surface area (Å²) in [6, 6.07) is 11.5. The van der Waals surface area contributed by atoms with E-state index in [2.05, 4.69) is 15.4 Å². The Labute approximate surface area is 187 Å². The molecule has 4 aromatic rings. The van der Waals surface area contributed by atoms with Crippen molar-refractivity contribution in [1.82, 2.24) is 19.7 Å². The molecule has 3 N–H and O–H groups in total. The van der Waals surface area contributed by atoms with Crippen LogP contribution in [-0.2, 0) is 4.84 Å². The van der Waals surface area contributed by atoms with Gasteiger partial charge in [-0.25, -0.2) is 18.1 Å². The maximum atomic E-state index is 13.7. The lowest BCUT2D eigenvalue weighted by Gasteiger charge is -2.24. The molecule has 2 aromatic carbocycles. The summed E-state index contributed by atoms with van der Waals surface area (Å²) in [5.74, 6) is -1.22. The number of carbonyl (C=O) groups is 1. The maximum Gasteiger partial charge on any atom is 0.346 e. The zero-order chi connectivity index (χ0) is 23.1. The van der Waals surface area contributed by atoms with Gasteiger partial charge in [0, 0.05) is 24.4 Å². The third-order valence-electron chi connectivity index (χ3n) is 5.54. The van der Waals surface area contributed by atoms with Gasteiger partial charge in [0.05, 0.1) is 12.6 Å². The SMILES string of the molecule is Cc1ccc(-c2ccn3nc(N)nc3c2)cc1NC(=O)N1OCCC1c1cc(F)cc(F)c1. The second kappa shape index (κ2) is 8.14. The predicted molar refractivity (Wildman–Crippen MR) is 118 cm³/mol. The maximum absolute atomic E-state index is 13.7. The van der Waals surface area contributed by atoms with Crippen LogP contribution in [0.15, 0.2) is 54.7 Å². The number of aromatic nitrogens is 3. The topological polar surface area (TPSA) is 97.8 Å². The smallest absolute Gasteiger partial charge is 0.346 e. The summed E-state index contributed by atoms with van der Waals surface area (Å²) >= 11 is 0. The molecular weight excluding hydrogens is 430 g/mol. The number of fused-ring (bicyclic) bond motifs is 1. The molecule has 5 rings (SSSR count). The average molecular weight is 450 g/mol. The Kier molecular flexibility index (Phi) is 5.14. The molecule has 0 saturated carbocycles. The van der Waals surface area contributed by atoms with Crippen molar-refractivity contribution < 1.29 is 18.4 Å². The van der Waals surface area contributed by atoms with Crippen molar-refractivity contribution in [3.8, 4) is 11.1 Å². The highest BCUT2D eigenvalue weighted by Crippen LogP contribution is 2.33. The van der Waals surface area contributed by atoms with Crippen molar-refractivity contribution in [2.75, 3.05) is 17.7 Å². The molecule has 2 aromatic heterocycles. The first-order valence-corrected chi connectivity index (χ1v) is 10.3. The van der Waals surface area contributed by atoms with Crippen LogP contribution < -0.4 is 11.1 Å². The van der Waals surface area contributed by atoms with E-state index in [0.29, 0.717) is 23.3 Å². The largest absolute Gasteiger partial charge is 0.366 e. The number of amides is 2. The first-order chi connectivity index (χ1) is 15.9. The van der Waals surface area contributed by atoms with Gasteiger partial charge in [0.25, 0.3) is 0 Å². The molecule has 3 heterocycles. The number of nitrogen functional groups attached to an aromatic ring is 1. The summed E-state index contributed by atoms with van der Waals surface area (Å²) in [5, 5.41) is 8.05. The molecule has 10 heteroatoms. The molecule has 1 aliphatic heterocycles. The lowest BCUT2D eigenvalue weighted by atomic mass is 10.0. The number of hydrogen-bond acceptors (Lipinski definition) is 5. The average Bonchev–Trinajstić information content (AvgIpc) is 3.40. The fourth-order valence-electron chi connectivity index (χ4n) is 3.92. The molecule has 0 aliphatic carbocycles. The van der Waals surface area contributed by atoms with Crippen LogP contribution in [0, 0.1) is 18.6 Å². The van der Waals surface area contributed by atoms with E-state index in [4.69, 9.17) is 10.6 Å². The molecule has 1 saturated heterocycles. The standard InChI is InChI=1S/C23H20F2N6O2/c1-13-2-3-14(15-4-6-30-21(11-15)28-22(26)29-30)10-19(13)27-23(32)31-20(5-7-33-31)16-8-17(24)12-18(25)9-16/h2-4,6,8-12,20H,5,7H2,1H3,(H2,26,29)(H,27,32). The Balaban J connectivity index is 1.40. The van der Waals surface area contributed by atoms with E-state index < -0.39 is 23.7 Å². The molecule has 0 radical (unpaired) electrons. The van der Waals surface area contributed by atoms with Gasteiger partial charge in [0.1, 0.15) is 11.6 Å². The number of carbonyl (C=O) groups excluding carboxylic acids is 1. The molecular formula is C23H20F2N6O2. The number of aryl methyl sites for hydroxylation is 1. The highest BCUT2D eigenvalue weighted by molar-refractivity contribution is 5.91. The van der Waals surface area contributed by atoms with Gasteiger partial charge in [-0.1, -0.05) is 12.1 Å². The molecule has 0 bridgehead atoms. The summed E-state index contributed by atoms with van der Waals surface area (Å²) in [6.45, 7) is 2.13. The molecule has 1 unspecified atom stereocenters. The van der Waals surface area contributed by atoms with Crippen LogP contribution in [0.25, 0.3) is 16.8 Å². The Morgan fingerprint density at radius 3 is 2.67 bits per heavy atom. The van der Waals surface area contributed by atoms with Crippen molar-refractivity contribution in [3.05, 3.63) is 77.5 Å². The van der Waals surface area contributed by atoms with Crippen molar-refractivity contribution in [3.63, 3.8) is 0 Å². The number of rotatable bonds is 3. The van der Waals surface area contributed by atoms with Crippen molar-refractivity contribution in [1.29, 1.82) is 0 Å². The number of hydroxylamine groups is 2. The van der Waals surface area contributed by atoms with E-state index in [1.165, 1.54) is 12.1 Å². The van der Waals surface area contributed by atoms with E-state index in [1.807, 2.05) is 37.3 Å². The van der Waals surface area contributed by atoms with Crippen LogP contribution in [0.4, 0.5) is 25.2 Å². The minimum atomic E-state index is -0.702. The minimum absolute atomic E-state index is 0.183. The molecule has 8 nitrogen and oxygen atoms in total. The van der Waals surface area contributed by atoms with Crippen LogP contribution in [0.3, 0.4) is 0 Å². The van der Waals surface area contributed by atoms with Gasteiger partial charge >= 0.3 is 6.03 Å². The number of nitrogens with two attached hydrogens (primary N) is 1. The zero-order valence-corrected chi connectivity index (χ0v) is 17.6. The third kappa shape index (κ3) is 4.08. The third-order valence-corrected chi connectivity index (χ3v) is 5.54. The van der Waals surface area contributed by atoms with Gasteiger partial charge in [-0.2, -0.15) is 10.0 Å². The molecule has 2 amide bonds. The minimum Gasteiger partial charge on any atom is -0.366 e. The Bertz CT molecular complexity index is 1350. The molecule has 33 heavy (non-hydrogen) atoms. The van der Waals surface area contributed by atoms with E-state index in [0.717, 1.165) is 27.8 Å². The summed E-state index contributed by atoms with van der Waals surface area (Å²) in [4.78, 5) is 22.7. The summed E-state index contributed by atoms with van der Waals surface area (Å²) in [7, 11) is 0. The number of nitrogens with zero attached hydrogens (tertiary/aromatic N) is 4. The van der Waals surface area contributed by atoms with Gasteiger partial charge < -0.3 is 11.1 Å². The number of urea groups is 1. The second-order valence-corrected chi connectivity index (χ2v) is 7.81. The van der Waals surface area contributed by atoms with Gasteiger partial charge in [-0.15, -0.1) is 5.10 Å². The number of pyridine rings is 1. The summed E-state index contributed by atoms with van der Waals surface area (Å²) in [6.07, 6.45) is 2.18. The van der Waals surface area contributed by atoms with Crippen molar-refractivity contribution in [2.45, 2.75) is 19.4 Å². The fourth-order valence-corrected chi connectivity index (χ4v) is 3.92. The number of hydrogen-bond donors (Lipinski definition) is 2. The summed E-state index contributed by atoms with van der Waals surface area (Å²) in [5.41, 5.74) is 9.75. The normalized spacial score (nSPS) is 15.8. The Hall–Kier alpha value is -4.05. The van der Waals surface area contributed by atoms with Gasteiger partial charge in [0.2, 0.25) is 5.95 Å². The number of benzene rings is 2. The van der Waals surface area contributed by atoms with E-state index >= 15 is 0 Å². The molecule has 1 atom stereocenters. The monoisotopic (exact) mass is 450 g/mol. The Morgan fingerprint density at radius 2 is 1.88 bits per heavy atom. The first kappa shape index (κ1) is 20.8. The van der Waals surface area contributed by atoms with Crippen molar-refractivity contribution >= 4 is 23.3 Å². The van der Waals surface area contributed by atoms with E-state index in [-0.39, 0.29) is 12.6 Å². The quantitative estimate of drug-likeness (QED) is 0.480. The second-order valence-electron chi connectivity index (χ2n) is 7.81. The molecule has 168 valence electrons. The highest BCUT2D eigenvalue weighted by atomic mass is 19.1. The first-order valence-electron chi connectivity index (χ1n) is 10.3. The van der Waals surface area contributed by atoms with Gasteiger partial charge in [-0.3, -0.25) is 4.84 Å². The molecule has 1 fully saturated rings. The molecule has 1 aliphatic rings. The van der Waals surface area contributed by atoms with Gasteiger partial charge in [0.15, 0.2) is 5.65 Å². The highest BCUT2D eigenvalue weighted by Gasteiger charge is 2.32. The van der Waals surface area contributed by atoms with Crippen LogP contribution >= 0.6 is 0 Å². The number of halogens is 2. The lowest BCUT2D eigenvalue weighted by Crippen LogP contribution is -2.33. The van der Waals surface area contributed by atoms with Crippen LogP contribution in [-0.4, -0.2) is 32.3 Å². The van der Waals surface area contributed by atoms with Crippen molar-refractivity contribution in [2.24, 2.45) is 0 Å². The number of nitrogens with one attached hydrogen (secondary N) is 1. The number of anilines is 2. The lowest BCUT2D eigenvalue weighted by molar-refractivity contribution is -0.0830. The zero-order valence-electron chi connectivity index (χ0n) is 17.6. The molecule has 0 spiro atoms. The van der Waals surface area contributed by atoms with E-state index in [9.17, 15) is 13.6 Å². The Morgan fingerprint density at radius 1 is 1.12 bits per heavy atom.